The Morgan fingerprint density at radius 3 is 2.60 bits per heavy atom. The zero-order valence-electron chi connectivity index (χ0n) is 15.6. The Balaban J connectivity index is 1.90. The van der Waals surface area contributed by atoms with Gasteiger partial charge in [-0.25, -0.2) is 0 Å². The van der Waals surface area contributed by atoms with E-state index in [-0.39, 0.29) is 5.54 Å². The van der Waals surface area contributed by atoms with Crippen LogP contribution in [0.15, 0.2) is 47.5 Å². The number of rotatable bonds is 4. The summed E-state index contributed by atoms with van der Waals surface area (Å²) < 4.78 is 1.23. The second kappa shape index (κ2) is 7.48. The average molecular weight is 446 g/mol. The van der Waals surface area contributed by atoms with Gasteiger partial charge in [-0.3, -0.25) is 4.99 Å². The van der Waals surface area contributed by atoms with Crippen LogP contribution in [0.5, 0.6) is 0 Å². The summed E-state index contributed by atoms with van der Waals surface area (Å²) in [6.07, 6.45) is 4.35. The van der Waals surface area contributed by atoms with Crippen LogP contribution >= 0.6 is 22.6 Å². The second-order valence-electron chi connectivity index (χ2n) is 7.62. The molecular formula is C22H27IN2. The van der Waals surface area contributed by atoms with E-state index in [1.54, 1.807) is 0 Å². The molecule has 132 valence electrons. The Kier molecular flexibility index (Phi) is 5.52. The van der Waals surface area contributed by atoms with Crippen molar-refractivity contribution in [3.63, 3.8) is 0 Å². The summed E-state index contributed by atoms with van der Waals surface area (Å²) in [5.41, 5.74) is 5.26. The first-order chi connectivity index (χ1) is 11.9. The van der Waals surface area contributed by atoms with Gasteiger partial charge in [0.15, 0.2) is 0 Å². The Morgan fingerprint density at radius 2 is 1.92 bits per heavy atom. The van der Waals surface area contributed by atoms with Gasteiger partial charge in [-0.2, -0.15) is 0 Å². The highest BCUT2D eigenvalue weighted by molar-refractivity contribution is 14.1. The maximum absolute atomic E-state index is 4.63. The molecule has 0 spiro atoms. The van der Waals surface area contributed by atoms with Crippen LogP contribution < -0.4 is 4.90 Å². The highest BCUT2D eigenvalue weighted by atomic mass is 127. The molecule has 0 N–H and O–H groups in total. The Labute approximate surface area is 165 Å². The van der Waals surface area contributed by atoms with E-state index in [1.165, 1.54) is 33.2 Å². The number of fused-ring (bicyclic) bond motifs is 1. The van der Waals surface area contributed by atoms with Crippen molar-refractivity contribution >= 4 is 40.2 Å². The van der Waals surface area contributed by atoms with E-state index in [2.05, 4.69) is 103 Å². The molecule has 1 heterocycles. The van der Waals surface area contributed by atoms with Gasteiger partial charge >= 0.3 is 0 Å². The summed E-state index contributed by atoms with van der Waals surface area (Å²) in [4.78, 5) is 7.22. The molecule has 0 fully saturated rings. The third-order valence-corrected chi connectivity index (χ3v) is 5.77. The van der Waals surface area contributed by atoms with Crippen molar-refractivity contribution in [2.24, 2.45) is 4.99 Å². The standard InChI is InChI=1S/C22H27IN2/c1-5-12-25-21-11-6-17(13-20(21)16(2)14-22(25,3)4)15-24-19-9-7-18(23)8-10-19/h6-11,13,15-16H,5,12,14H2,1-4H3. The van der Waals surface area contributed by atoms with E-state index in [0.29, 0.717) is 5.92 Å². The zero-order chi connectivity index (χ0) is 18.0. The van der Waals surface area contributed by atoms with Crippen molar-refractivity contribution in [3.05, 3.63) is 57.2 Å². The van der Waals surface area contributed by atoms with Gasteiger partial charge in [-0.1, -0.05) is 19.9 Å². The molecule has 1 aliphatic rings. The highest BCUT2D eigenvalue weighted by Crippen LogP contribution is 2.43. The number of nitrogens with zero attached hydrogens (tertiary/aromatic N) is 2. The summed E-state index contributed by atoms with van der Waals surface area (Å²) in [6, 6.07) is 15.1. The molecule has 0 aliphatic carbocycles. The maximum Gasteiger partial charge on any atom is 0.0630 e. The van der Waals surface area contributed by atoms with Crippen LogP contribution in [0, 0.1) is 3.57 Å². The first-order valence-corrected chi connectivity index (χ1v) is 10.2. The zero-order valence-corrected chi connectivity index (χ0v) is 17.7. The summed E-state index contributed by atoms with van der Waals surface area (Å²) in [5.74, 6) is 0.574. The molecular weight excluding hydrogens is 419 g/mol. The van der Waals surface area contributed by atoms with Crippen LogP contribution in [0.25, 0.3) is 0 Å². The van der Waals surface area contributed by atoms with Crippen molar-refractivity contribution in [2.45, 2.75) is 52.0 Å². The molecule has 3 rings (SSSR count). The van der Waals surface area contributed by atoms with Gasteiger partial charge in [0.1, 0.15) is 0 Å². The van der Waals surface area contributed by atoms with Crippen molar-refractivity contribution < 1.29 is 0 Å². The predicted octanol–water partition coefficient (Wildman–Crippen LogP) is 6.54. The third kappa shape index (κ3) is 4.08. The Hall–Kier alpha value is -1.36. The van der Waals surface area contributed by atoms with E-state index < -0.39 is 0 Å². The Bertz CT molecular complexity index is 762. The number of hydrogen-bond acceptors (Lipinski definition) is 2. The maximum atomic E-state index is 4.63. The summed E-state index contributed by atoms with van der Waals surface area (Å²) in [5, 5.41) is 0. The van der Waals surface area contributed by atoms with Crippen LogP contribution in [0.1, 0.15) is 57.6 Å². The van der Waals surface area contributed by atoms with Crippen molar-refractivity contribution in [2.75, 3.05) is 11.4 Å². The molecule has 2 aromatic carbocycles. The molecule has 25 heavy (non-hydrogen) atoms. The SMILES string of the molecule is CCCN1c2ccc(C=Nc3ccc(I)cc3)cc2C(C)CC1(C)C. The number of aliphatic imine (C=N–C) groups is 1. The lowest BCUT2D eigenvalue weighted by molar-refractivity contribution is 0.376. The smallest absolute Gasteiger partial charge is 0.0630 e. The lowest BCUT2D eigenvalue weighted by Crippen LogP contribution is -2.48. The normalized spacial score (nSPS) is 19.2. The van der Waals surface area contributed by atoms with E-state index in [4.69, 9.17) is 0 Å². The van der Waals surface area contributed by atoms with Crippen molar-refractivity contribution in [1.29, 1.82) is 0 Å². The fraction of sp³-hybridized carbons (Fsp3) is 0.409. The largest absolute Gasteiger partial charge is 0.366 e. The minimum atomic E-state index is 0.221. The summed E-state index contributed by atoms with van der Waals surface area (Å²) in [6.45, 7) is 10.5. The number of benzene rings is 2. The van der Waals surface area contributed by atoms with Crippen LogP contribution in [0.2, 0.25) is 0 Å². The van der Waals surface area contributed by atoms with Gasteiger partial charge in [0.25, 0.3) is 0 Å². The predicted molar refractivity (Wildman–Crippen MR) is 118 cm³/mol. The number of anilines is 1. The monoisotopic (exact) mass is 446 g/mol. The van der Waals surface area contributed by atoms with Crippen LogP contribution in [0.4, 0.5) is 11.4 Å². The quantitative estimate of drug-likeness (QED) is 0.385. The molecule has 0 saturated carbocycles. The first-order valence-electron chi connectivity index (χ1n) is 9.12. The van der Waals surface area contributed by atoms with E-state index in [1.807, 2.05) is 6.21 Å². The summed E-state index contributed by atoms with van der Waals surface area (Å²) >= 11 is 2.32. The van der Waals surface area contributed by atoms with Crippen molar-refractivity contribution in [3.8, 4) is 0 Å². The molecule has 0 radical (unpaired) electrons. The van der Waals surface area contributed by atoms with E-state index in [9.17, 15) is 0 Å². The van der Waals surface area contributed by atoms with Gasteiger partial charge in [-0.15, -0.1) is 0 Å². The highest BCUT2D eigenvalue weighted by Gasteiger charge is 2.35. The van der Waals surface area contributed by atoms with Crippen molar-refractivity contribution in [1.82, 2.24) is 0 Å². The van der Waals surface area contributed by atoms with Gasteiger partial charge in [0.2, 0.25) is 0 Å². The molecule has 1 aliphatic heterocycles. The number of halogens is 1. The lowest BCUT2D eigenvalue weighted by atomic mass is 9.79. The molecule has 0 saturated heterocycles. The molecule has 0 bridgehead atoms. The minimum absolute atomic E-state index is 0.221. The first kappa shape index (κ1) is 18.4. The lowest BCUT2D eigenvalue weighted by Gasteiger charge is -2.47. The molecule has 2 nitrogen and oxygen atoms in total. The van der Waals surface area contributed by atoms with Crippen LogP contribution in [-0.4, -0.2) is 18.3 Å². The molecule has 3 heteroatoms. The molecule has 0 amide bonds. The fourth-order valence-electron chi connectivity index (χ4n) is 3.91. The van der Waals surface area contributed by atoms with Gasteiger partial charge in [-0.05, 0) is 103 Å². The van der Waals surface area contributed by atoms with E-state index >= 15 is 0 Å². The Morgan fingerprint density at radius 1 is 1.20 bits per heavy atom. The molecule has 0 aromatic heterocycles. The molecule has 2 aromatic rings. The minimum Gasteiger partial charge on any atom is -0.366 e. The van der Waals surface area contributed by atoms with Gasteiger partial charge < -0.3 is 4.90 Å². The average Bonchev–Trinajstić information content (AvgIpc) is 2.58. The van der Waals surface area contributed by atoms with E-state index in [0.717, 1.165) is 12.2 Å². The second-order valence-corrected chi connectivity index (χ2v) is 8.87. The van der Waals surface area contributed by atoms with Crippen LogP contribution in [0.3, 0.4) is 0 Å². The van der Waals surface area contributed by atoms with Crippen LogP contribution in [-0.2, 0) is 0 Å². The topological polar surface area (TPSA) is 15.6 Å². The fourth-order valence-corrected chi connectivity index (χ4v) is 4.27. The molecule has 1 atom stereocenters. The number of hydrogen-bond donors (Lipinski definition) is 0. The summed E-state index contributed by atoms with van der Waals surface area (Å²) in [7, 11) is 0. The third-order valence-electron chi connectivity index (χ3n) is 5.05. The van der Waals surface area contributed by atoms with Gasteiger partial charge in [0.05, 0.1) is 5.69 Å². The molecule has 1 unspecified atom stereocenters. The van der Waals surface area contributed by atoms with Gasteiger partial charge in [0, 0.05) is 27.6 Å².